The third-order valence-corrected chi connectivity index (χ3v) is 4.29. The predicted octanol–water partition coefficient (Wildman–Crippen LogP) is 2.68. The second-order valence-corrected chi connectivity index (χ2v) is 6.23. The van der Waals surface area contributed by atoms with Gasteiger partial charge in [-0.25, -0.2) is 0 Å². The normalized spacial score (nSPS) is 17.2. The molecule has 0 saturated carbocycles. The maximum absolute atomic E-state index is 12.4. The minimum Gasteiger partial charge on any atom is -0.352 e. The zero-order chi connectivity index (χ0) is 14.7. The Bertz CT molecular complexity index is 465. The van der Waals surface area contributed by atoms with Crippen LogP contribution in [-0.4, -0.2) is 37.5 Å². The van der Waals surface area contributed by atoms with E-state index in [4.69, 9.17) is 0 Å². The van der Waals surface area contributed by atoms with Crippen molar-refractivity contribution in [3.05, 3.63) is 34.4 Å². The van der Waals surface area contributed by atoms with Gasteiger partial charge in [-0.2, -0.15) is 0 Å². The van der Waals surface area contributed by atoms with Crippen molar-refractivity contribution in [3.63, 3.8) is 0 Å². The Morgan fingerprint density at radius 3 is 2.30 bits per heavy atom. The van der Waals surface area contributed by atoms with Crippen molar-refractivity contribution in [1.82, 2.24) is 10.2 Å². The van der Waals surface area contributed by atoms with Crippen molar-refractivity contribution in [2.45, 2.75) is 33.6 Å². The highest BCUT2D eigenvalue weighted by molar-refractivity contribution is 5.97. The molecule has 1 heterocycles. The monoisotopic (exact) mass is 274 g/mol. The fraction of sp³-hybridized carbons (Fsp3) is 0.588. The van der Waals surface area contributed by atoms with Crippen LogP contribution in [0.25, 0.3) is 0 Å². The first-order valence-electron chi connectivity index (χ1n) is 7.52. The van der Waals surface area contributed by atoms with Gasteiger partial charge in [-0.15, -0.1) is 0 Å². The lowest BCUT2D eigenvalue weighted by molar-refractivity contribution is 0.0938. The first-order valence-corrected chi connectivity index (χ1v) is 7.52. The van der Waals surface area contributed by atoms with Gasteiger partial charge in [-0.3, -0.25) is 4.79 Å². The molecular formula is C17H26N2O. The van der Waals surface area contributed by atoms with Crippen molar-refractivity contribution < 1.29 is 4.79 Å². The van der Waals surface area contributed by atoms with Gasteiger partial charge in [-0.1, -0.05) is 17.7 Å². The van der Waals surface area contributed by atoms with Crippen LogP contribution >= 0.6 is 0 Å². The molecule has 1 amide bonds. The first-order chi connectivity index (χ1) is 9.47. The number of benzene rings is 1. The summed E-state index contributed by atoms with van der Waals surface area (Å²) in [4.78, 5) is 14.7. The third kappa shape index (κ3) is 3.60. The van der Waals surface area contributed by atoms with Crippen LogP contribution in [0.1, 0.15) is 39.9 Å². The molecule has 1 aromatic rings. The number of aryl methyl sites for hydroxylation is 3. The number of carbonyl (C=O) groups is 1. The highest BCUT2D eigenvalue weighted by atomic mass is 16.1. The van der Waals surface area contributed by atoms with E-state index in [-0.39, 0.29) is 5.91 Å². The Hall–Kier alpha value is -1.35. The lowest BCUT2D eigenvalue weighted by Crippen LogP contribution is -2.37. The minimum atomic E-state index is 0.0823. The van der Waals surface area contributed by atoms with Crippen LogP contribution in [0.3, 0.4) is 0 Å². The largest absolute Gasteiger partial charge is 0.352 e. The molecule has 1 saturated heterocycles. The van der Waals surface area contributed by atoms with Gasteiger partial charge < -0.3 is 10.2 Å². The zero-order valence-electron chi connectivity index (χ0n) is 13.1. The van der Waals surface area contributed by atoms with Crippen LogP contribution in [0.15, 0.2) is 12.1 Å². The SMILES string of the molecule is Cc1cc(C)c(C(=O)NCC2CCN(C)CC2)c(C)c1. The smallest absolute Gasteiger partial charge is 0.251 e. The summed E-state index contributed by atoms with van der Waals surface area (Å²) in [5.41, 5.74) is 4.21. The van der Waals surface area contributed by atoms with Crippen LogP contribution < -0.4 is 5.32 Å². The van der Waals surface area contributed by atoms with E-state index in [1.807, 2.05) is 13.8 Å². The molecule has 1 aliphatic heterocycles. The molecule has 0 spiro atoms. The summed E-state index contributed by atoms with van der Waals surface area (Å²) in [6.07, 6.45) is 2.37. The lowest BCUT2D eigenvalue weighted by atomic mass is 9.96. The molecular weight excluding hydrogens is 248 g/mol. The van der Waals surface area contributed by atoms with E-state index in [0.717, 1.165) is 36.3 Å². The molecule has 1 N–H and O–H groups in total. The number of nitrogens with one attached hydrogen (secondary N) is 1. The van der Waals surface area contributed by atoms with Crippen molar-refractivity contribution in [1.29, 1.82) is 0 Å². The van der Waals surface area contributed by atoms with Crippen LogP contribution in [0.4, 0.5) is 0 Å². The molecule has 1 fully saturated rings. The van der Waals surface area contributed by atoms with Gasteiger partial charge in [0.15, 0.2) is 0 Å². The highest BCUT2D eigenvalue weighted by Gasteiger charge is 2.18. The topological polar surface area (TPSA) is 32.3 Å². The maximum Gasteiger partial charge on any atom is 0.251 e. The molecule has 1 aliphatic rings. The van der Waals surface area contributed by atoms with Crippen molar-refractivity contribution in [2.24, 2.45) is 5.92 Å². The van der Waals surface area contributed by atoms with Gasteiger partial charge in [0, 0.05) is 12.1 Å². The predicted molar refractivity (Wildman–Crippen MR) is 83.2 cm³/mol. The third-order valence-electron chi connectivity index (χ3n) is 4.29. The fourth-order valence-corrected chi connectivity index (χ4v) is 3.13. The summed E-state index contributed by atoms with van der Waals surface area (Å²) in [7, 11) is 2.16. The molecule has 0 radical (unpaired) electrons. The number of piperidine rings is 1. The summed E-state index contributed by atoms with van der Waals surface area (Å²) in [6, 6.07) is 4.16. The minimum absolute atomic E-state index is 0.0823. The van der Waals surface area contributed by atoms with Gasteiger partial charge in [0.1, 0.15) is 0 Å². The van der Waals surface area contributed by atoms with Crippen molar-refractivity contribution in [2.75, 3.05) is 26.7 Å². The van der Waals surface area contributed by atoms with Crippen LogP contribution in [0, 0.1) is 26.7 Å². The summed E-state index contributed by atoms with van der Waals surface area (Å²) in [5, 5.41) is 3.13. The fourth-order valence-electron chi connectivity index (χ4n) is 3.13. The molecule has 0 bridgehead atoms. The molecule has 3 heteroatoms. The summed E-state index contributed by atoms with van der Waals surface area (Å²) in [5.74, 6) is 0.708. The molecule has 1 aromatic carbocycles. The summed E-state index contributed by atoms with van der Waals surface area (Å²) >= 11 is 0. The number of nitrogens with zero attached hydrogens (tertiary/aromatic N) is 1. The van der Waals surface area contributed by atoms with E-state index in [0.29, 0.717) is 5.92 Å². The summed E-state index contributed by atoms with van der Waals surface area (Å²) in [6.45, 7) is 9.20. The number of hydrogen-bond donors (Lipinski definition) is 1. The second kappa shape index (κ2) is 6.40. The Morgan fingerprint density at radius 1 is 1.20 bits per heavy atom. The summed E-state index contributed by atoms with van der Waals surface area (Å²) < 4.78 is 0. The van der Waals surface area contributed by atoms with Crippen molar-refractivity contribution >= 4 is 5.91 Å². The molecule has 0 aliphatic carbocycles. The van der Waals surface area contributed by atoms with Gasteiger partial charge >= 0.3 is 0 Å². The van der Waals surface area contributed by atoms with Gasteiger partial charge in [-0.05, 0) is 70.8 Å². The quantitative estimate of drug-likeness (QED) is 0.919. The van der Waals surface area contributed by atoms with Gasteiger partial charge in [0.2, 0.25) is 0 Å². The second-order valence-electron chi connectivity index (χ2n) is 6.23. The van der Waals surface area contributed by atoms with Crippen LogP contribution in [0.5, 0.6) is 0 Å². The molecule has 2 rings (SSSR count). The van der Waals surface area contributed by atoms with Crippen LogP contribution in [-0.2, 0) is 0 Å². The van der Waals surface area contributed by atoms with Gasteiger partial charge in [0.05, 0.1) is 0 Å². The maximum atomic E-state index is 12.4. The number of likely N-dealkylation sites (tertiary alicyclic amines) is 1. The average Bonchev–Trinajstić information content (AvgIpc) is 2.37. The van der Waals surface area contributed by atoms with E-state index in [2.05, 4.69) is 36.3 Å². The Balaban J connectivity index is 1.95. The van der Waals surface area contributed by atoms with E-state index < -0.39 is 0 Å². The number of carbonyl (C=O) groups excluding carboxylic acids is 1. The van der Waals surface area contributed by atoms with Crippen LogP contribution in [0.2, 0.25) is 0 Å². The average molecular weight is 274 g/mol. The number of amides is 1. The Morgan fingerprint density at radius 2 is 1.75 bits per heavy atom. The molecule has 0 atom stereocenters. The number of hydrogen-bond acceptors (Lipinski definition) is 2. The Labute approximate surface area is 122 Å². The van der Waals surface area contributed by atoms with Crippen molar-refractivity contribution in [3.8, 4) is 0 Å². The van der Waals surface area contributed by atoms with E-state index in [1.165, 1.54) is 18.4 Å². The van der Waals surface area contributed by atoms with E-state index >= 15 is 0 Å². The highest BCUT2D eigenvalue weighted by Crippen LogP contribution is 2.18. The lowest BCUT2D eigenvalue weighted by Gasteiger charge is -2.29. The molecule has 0 unspecified atom stereocenters. The molecule has 20 heavy (non-hydrogen) atoms. The first kappa shape index (κ1) is 15.0. The zero-order valence-corrected chi connectivity index (χ0v) is 13.1. The van der Waals surface area contributed by atoms with Gasteiger partial charge in [0.25, 0.3) is 5.91 Å². The molecule has 0 aromatic heterocycles. The van der Waals surface area contributed by atoms with E-state index in [9.17, 15) is 4.79 Å². The molecule has 110 valence electrons. The van der Waals surface area contributed by atoms with E-state index in [1.54, 1.807) is 0 Å². The standard InChI is InChI=1S/C17H26N2O/c1-12-9-13(2)16(14(3)10-12)17(20)18-11-15-5-7-19(4)8-6-15/h9-10,15H,5-8,11H2,1-4H3,(H,18,20). The molecule has 3 nitrogen and oxygen atoms in total. The number of rotatable bonds is 3. The Kier molecular flexibility index (Phi) is 4.81.